The highest BCUT2D eigenvalue weighted by Crippen LogP contribution is 2.53. The van der Waals surface area contributed by atoms with E-state index in [9.17, 15) is 28.0 Å². The number of carbonyl (C=O) groups excluding carboxylic acids is 3. The summed E-state index contributed by atoms with van der Waals surface area (Å²) in [6.07, 6.45) is 0. The van der Waals surface area contributed by atoms with Crippen molar-refractivity contribution in [2.45, 2.75) is 22.7 Å². The normalized spacial score (nSPS) is 19.9. The maximum atomic E-state index is 13.8. The molecule has 3 aromatic carbocycles. The SMILES string of the molecule is O=C(Cn1c2c(sc1=O)[C@@H](c1ccc(Br)cc1)[C@@H]1C(=O)N(c3ccc(F)cc3)C(=O)[C@@H]1S2)Nc1ccc(F)cc1. The van der Waals surface area contributed by atoms with Crippen LogP contribution in [0.3, 0.4) is 0 Å². The van der Waals surface area contributed by atoms with Gasteiger partial charge in [-0.25, -0.2) is 13.7 Å². The van der Waals surface area contributed by atoms with Crippen molar-refractivity contribution >= 4 is 68.1 Å². The Kier molecular flexibility index (Phi) is 6.93. The van der Waals surface area contributed by atoms with E-state index in [0.29, 0.717) is 15.6 Å². The van der Waals surface area contributed by atoms with Gasteiger partial charge in [-0.15, -0.1) is 0 Å². The molecule has 2 aliphatic rings. The number of aromatic nitrogens is 1. The Morgan fingerprint density at radius 3 is 2.15 bits per heavy atom. The van der Waals surface area contributed by atoms with E-state index in [1.165, 1.54) is 53.1 Å². The molecule has 6 rings (SSSR count). The standard InChI is InChI=1S/C28H18BrF2N3O4S2/c29-15-3-1-14(2-4-15)21-22-23(26(37)34(25(22)36)19-11-7-17(31)8-12-19)39-27-24(21)40-28(38)33(27)13-20(35)32-18-9-5-16(30)6-10-18/h1-12,21-23H,13H2,(H,32,35)/t21-,22-,23+/m0/s1. The van der Waals surface area contributed by atoms with Crippen LogP contribution in [0, 0.1) is 17.6 Å². The van der Waals surface area contributed by atoms with Crippen LogP contribution in [0.2, 0.25) is 0 Å². The van der Waals surface area contributed by atoms with Gasteiger partial charge < -0.3 is 5.32 Å². The molecule has 2 aliphatic heterocycles. The lowest BCUT2D eigenvalue weighted by atomic mass is 9.83. The summed E-state index contributed by atoms with van der Waals surface area (Å²) in [6, 6.07) is 17.7. The quantitative estimate of drug-likeness (QED) is 0.296. The second kappa shape index (κ2) is 10.4. The van der Waals surface area contributed by atoms with Crippen LogP contribution in [0.25, 0.3) is 0 Å². The number of benzene rings is 3. The molecule has 1 N–H and O–H groups in total. The Balaban J connectivity index is 1.40. The molecule has 4 aromatic rings. The molecule has 0 spiro atoms. The molecule has 1 aromatic heterocycles. The first-order valence-corrected chi connectivity index (χ1v) is 14.5. The number of carbonyl (C=O) groups is 3. The van der Waals surface area contributed by atoms with E-state index in [0.717, 1.165) is 38.0 Å². The van der Waals surface area contributed by atoms with E-state index in [1.54, 1.807) is 0 Å². The van der Waals surface area contributed by atoms with E-state index in [-0.39, 0.29) is 12.2 Å². The Bertz CT molecular complexity index is 1710. The lowest BCUT2D eigenvalue weighted by molar-refractivity contribution is -0.122. The zero-order valence-electron chi connectivity index (χ0n) is 20.3. The van der Waals surface area contributed by atoms with Crippen LogP contribution in [0.4, 0.5) is 20.2 Å². The molecule has 202 valence electrons. The minimum absolute atomic E-state index is 0.264. The lowest BCUT2D eigenvalue weighted by Gasteiger charge is -2.30. The number of amides is 3. The topological polar surface area (TPSA) is 88.5 Å². The Morgan fingerprint density at radius 2 is 1.50 bits per heavy atom. The van der Waals surface area contributed by atoms with Crippen LogP contribution < -0.4 is 15.1 Å². The van der Waals surface area contributed by atoms with Gasteiger partial charge in [0, 0.05) is 21.0 Å². The van der Waals surface area contributed by atoms with Gasteiger partial charge in [-0.2, -0.15) is 0 Å². The number of nitrogens with zero attached hydrogens (tertiary/aromatic N) is 2. The second-order valence-electron chi connectivity index (χ2n) is 9.26. The molecule has 7 nitrogen and oxygen atoms in total. The maximum absolute atomic E-state index is 13.8. The lowest BCUT2D eigenvalue weighted by Crippen LogP contribution is -2.33. The van der Waals surface area contributed by atoms with Crippen molar-refractivity contribution in [2.24, 2.45) is 5.92 Å². The third kappa shape index (κ3) is 4.69. The number of thioether (sulfide) groups is 1. The Morgan fingerprint density at radius 1 is 0.875 bits per heavy atom. The Hall–Kier alpha value is -3.61. The fourth-order valence-electron chi connectivity index (χ4n) is 5.01. The molecule has 0 aliphatic carbocycles. The average molecular weight is 643 g/mol. The summed E-state index contributed by atoms with van der Waals surface area (Å²) in [5, 5.41) is 2.23. The first-order chi connectivity index (χ1) is 19.2. The molecule has 1 fully saturated rings. The van der Waals surface area contributed by atoms with Gasteiger partial charge >= 0.3 is 4.87 Å². The summed E-state index contributed by atoms with van der Waals surface area (Å²) in [5.41, 5.74) is 1.38. The number of fused-ring (bicyclic) bond motifs is 2. The number of rotatable bonds is 5. The third-order valence-corrected chi connectivity index (χ3v) is 9.93. The third-order valence-electron chi connectivity index (χ3n) is 6.79. The smallest absolute Gasteiger partial charge is 0.308 e. The number of anilines is 2. The molecule has 0 unspecified atom stereocenters. The van der Waals surface area contributed by atoms with Gasteiger partial charge in [-0.05, 0) is 66.2 Å². The zero-order valence-corrected chi connectivity index (χ0v) is 23.6. The van der Waals surface area contributed by atoms with E-state index >= 15 is 0 Å². The van der Waals surface area contributed by atoms with Crippen LogP contribution >= 0.6 is 39.0 Å². The largest absolute Gasteiger partial charge is 0.325 e. The number of imide groups is 1. The van der Waals surface area contributed by atoms with Gasteiger partial charge in [0.25, 0.3) is 0 Å². The number of hydrogen-bond acceptors (Lipinski definition) is 6. The second-order valence-corrected chi connectivity index (χ2v) is 12.3. The van der Waals surface area contributed by atoms with Crippen LogP contribution in [-0.2, 0) is 20.9 Å². The van der Waals surface area contributed by atoms with Crippen molar-refractivity contribution in [1.82, 2.24) is 4.57 Å². The molecule has 0 radical (unpaired) electrons. The molecule has 0 bridgehead atoms. The fraction of sp³-hybridized carbons (Fsp3) is 0.143. The molecular formula is C28H18BrF2N3O4S2. The van der Waals surface area contributed by atoms with Crippen molar-refractivity contribution in [1.29, 1.82) is 0 Å². The summed E-state index contributed by atoms with van der Waals surface area (Å²) in [6.45, 7) is -0.330. The van der Waals surface area contributed by atoms with Crippen LogP contribution in [0.1, 0.15) is 16.4 Å². The minimum Gasteiger partial charge on any atom is -0.325 e. The fourth-order valence-corrected chi connectivity index (χ4v) is 8.04. The predicted octanol–water partition coefficient (Wildman–Crippen LogP) is 5.39. The summed E-state index contributed by atoms with van der Waals surface area (Å²) >= 11 is 5.45. The monoisotopic (exact) mass is 641 g/mol. The van der Waals surface area contributed by atoms with Gasteiger partial charge in [-0.1, -0.05) is 51.2 Å². The molecule has 3 atom stereocenters. The predicted molar refractivity (Wildman–Crippen MR) is 152 cm³/mol. The zero-order chi connectivity index (χ0) is 28.1. The molecule has 3 heterocycles. The van der Waals surface area contributed by atoms with E-state index in [4.69, 9.17) is 0 Å². The summed E-state index contributed by atoms with van der Waals surface area (Å²) in [5.74, 6) is -3.77. The molecule has 12 heteroatoms. The van der Waals surface area contributed by atoms with Crippen LogP contribution in [0.5, 0.6) is 0 Å². The van der Waals surface area contributed by atoms with Crippen molar-refractivity contribution in [2.75, 3.05) is 10.2 Å². The number of thiazole rings is 1. The average Bonchev–Trinajstić information content (AvgIpc) is 3.37. The van der Waals surface area contributed by atoms with E-state index in [1.807, 2.05) is 24.3 Å². The highest BCUT2D eigenvalue weighted by atomic mass is 79.9. The van der Waals surface area contributed by atoms with E-state index in [2.05, 4.69) is 21.2 Å². The van der Waals surface area contributed by atoms with Gasteiger partial charge in [-0.3, -0.25) is 23.7 Å². The van der Waals surface area contributed by atoms with Crippen molar-refractivity contribution in [3.8, 4) is 0 Å². The highest BCUT2D eigenvalue weighted by Gasteiger charge is 2.56. The van der Waals surface area contributed by atoms with Gasteiger partial charge in [0.1, 0.15) is 23.4 Å². The summed E-state index contributed by atoms with van der Waals surface area (Å²) in [7, 11) is 0. The first-order valence-electron chi connectivity index (χ1n) is 12.1. The van der Waals surface area contributed by atoms with Crippen LogP contribution in [0.15, 0.2) is 87.1 Å². The summed E-state index contributed by atoms with van der Waals surface area (Å²) in [4.78, 5) is 54.8. The van der Waals surface area contributed by atoms with Gasteiger partial charge in [0.15, 0.2) is 0 Å². The molecular weight excluding hydrogens is 624 g/mol. The molecule has 1 saturated heterocycles. The Labute approximate surface area is 242 Å². The molecule has 40 heavy (non-hydrogen) atoms. The van der Waals surface area contributed by atoms with Gasteiger partial charge in [0.2, 0.25) is 17.7 Å². The van der Waals surface area contributed by atoms with Crippen molar-refractivity contribution < 1.29 is 23.2 Å². The van der Waals surface area contributed by atoms with Crippen molar-refractivity contribution in [3.05, 3.63) is 109 Å². The van der Waals surface area contributed by atoms with E-state index < -0.39 is 51.3 Å². The highest BCUT2D eigenvalue weighted by molar-refractivity contribution is 9.10. The molecule has 3 amide bonds. The van der Waals surface area contributed by atoms with Crippen molar-refractivity contribution in [3.63, 3.8) is 0 Å². The maximum Gasteiger partial charge on any atom is 0.308 e. The minimum atomic E-state index is -0.862. The van der Waals surface area contributed by atoms with Crippen LogP contribution in [-0.4, -0.2) is 27.5 Å². The number of nitrogens with one attached hydrogen (secondary N) is 1. The molecule has 0 saturated carbocycles. The summed E-state index contributed by atoms with van der Waals surface area (Å²) < 4.78 is 29.0. The van der Waals surface area contributed by atoms with Gasteiger partial charge in [0.05, 0.1) is 16.6 Å². The first kappa shape index (κ1) is 26.6. The number of halogens is 3. The number of hydrogen-bond donors (Lipinski definition) is 1.